The number of hydrogen-bond acceptors (Lipinski definition) is 6. The summed E-state index contributed by atoms with van der Waals surface area (Å²) in [6.07, 6.45) is -5.44. The van der Waals surface area contributed by atoms with E-state index >= 15 is 0 Å². The fraction of sp³-hybridized carbons (Fsp3) is 0.875. The van der Waals surface area contributed by atoms with Gasteiger partial charge in [-0.1, -0.05) is 0 Å². The van der Waals surface area contributed by atoms with Gasteiger partial charge in [0.1, 0.15) is 11.4 Å². The summed E-state index contributed by atoms with van der Waals surface area (Å²) >= 11 is 0. The lowest BCUT2D eigenvalue weighted by Gasteiger charge is -2.59. The summed E-state index contributed by atoms with van der Waals surface area (Å²) in [4.78, 5) is 24.2. The van der Waals surface area contributed by atoms with Gasteiger partial charge >= 0.3 is 18.1 Å². The molecule has 1 N–H and O–H groups in total. The highest BCUT2D eigenvalue weighted by atomic mass is 32.2. The van der Waals surface area contributed by atoms with E-state index in [1.165, 1.54) is 6.92 Å². The van der Waals surface area contributed by atoms with Crippen LogP contribution >= 0.6 is 0 Å². The van der Waals surface area contributed by atoms with Crippen molar-refractivity contribution in [2.45, 2.75) is 63.3 Å². The highest BCUT2D eigenvalue weighted by Crippen LogP contribution is 2.63. The van der Waals surface area contributed by atoms with Crippen molar-refractivity contribution in [1.29, 1.82) is 0 Å². The predicted octanol–water partition coefficient (Wildman–Crippen LogP) is 2.25. The van der Waals surface area contributed by atoms with Gasteiger partial charge in [0.15, 0.2) is 0 Å². The molecule has 4 fully saturated rings. The Morgan fingerprint density at radius 3 is 2.19 bits per heavy atom. The zero-order chi connectivity index (χ0) is 20.3. The average Bonchev–Trinajstić information content (AvgIpc) is 2.40. The minimum absolute atomic E-state index is 0.0315. The third kappa shape index (κ3) is 4.23. The van der Waals surface area contributed by atoms with Crippen LogP contribution in [0.4, 0.5) is 13.2 Å². The molecule has 4 rings (SSSR count). The number of alkyl halides is 3. The first-order valence-corrected chi connectivity index (χ1v) is 10.3. The minimum atomic E-state index is -5.14. The third-order valence-corrected chi connectivity index (χ3v) is 6.50. The van der Waals surface area contributed by atoms with Crippen LogP contribution in [-0.2, 0) is 29.2 Å². The number of esters is 2. The van der Waals surface area contributed by atoms with E-state index in [1.54, 1.807) is 0 Å². The molecule has 0 aromatic carbocycles. The van der Waals surface area contributed by atoms with Crippen LogP contribution < -0.4 is 0 Å². The van der Waals surface area contributed by atoms with Crippen LogP contribution in [0.2, 0.25) is 0 Å². The van der Waals surface area contributed by atoms with Gasteiger partial charge in [0.05, 0.1) is 5.41 Å². The van der Waals surface area contributed by atoms with Crippen LogP contribution in [0, 0.1) is 17.3 Å². The van der Waals surface area contributed by atoms with Crippen molar-refractivity contribution < 1.29 is 45.2 Å². The van der Waals surface area contributed by atoms with Crippen LogP contribution in [0.3, 0.4) is 0 Å². The summed E-state index contributed by atoms with van der Waals surface area (Å²) in [6, 6.07) is 0. The summed E-state index contributed by atoms with van der Waals surface area (Å²) in [6.45, 7) is 1.25. The van der Waals surface area contributed by atoms with Crippen LogP contribution in [0.15, 0.2) is 0 Å². The molecule has 0 radical (unpaired) electrons. The highest BCUT2D eigenvalue weighted by molar-refractivity contribution is 7.85. The number of ether oxygens (including phenoxy) is 2. The average molecular weight is 414 g/mol. The lowest BCUT2D eigenvalue weighted by atomic mass is 9.48. The summed E-state index contributed by atoms with van der Waals surface area (Å²) in [5.74, 6) is -3.34. The lowest BCUT2D eigenvalue weighted by molar-refractivity contribution is -0.237. The second-order valence-corrected chi connectivity index (χ2v) is 9.70. The van der Waals surface area contributed by atoms with E-state index in [-0.39, 0.29) is 18.3 Å². The van der Waals surface area contributed by atoms with Crippen molar-refractivity contribution in [2.75, 3.05) is 5.75 Å². The molecule has 0 aromatic heterocycles. The van der Waals surface area contributed by atoms with Crippen molar-refractivity contribution in [3.63, 3.8) is 0 Å². The number of hydrogen-bond donors (Lipinski definition) is 1. The summed E-state index contributed by atoms with van der Waals surface area (Å²) in [5, 5.41) is 0. The van der Waals surface area contributed by atoms with Crippen molar-refractivity contribution in [3.8, 4) is 0 Å². The maximum absolute atomic E-state index is 13.1. The van der Waals surface area contributed by atoms with E-state index in [2.05, 4.69) is 4.74 Å². The summed E-state index contributed by atoms with van der Waals surface area (Å²) in [5.41, 5.74) is -2.12. The van der Waals surface area contributed by atoms with Crippen LogP contribution in [-0.4, -0.2) is 48.5 Å². The molecule has 4 aliphatic carbocycles. The van der Waals surface area contributed by atoms with Gasteiger partial charge in [-0.05, 0) is 43.9 Å². The second kappa shape index (κ2) is 6.33. The zero-order valence-corrected chi connectivity index (χ0v) is 15.4. The van der Waals surface area contributed by atoms with Crippen LogP contribution in [0.1, 0.15) is 45.4 Å². The smallest absolute Gasteiger partial charge is 0.426 e. The Bertz CT molecular complexity index is 732. The fourth-order valence-electron chi connectivity index (χ4n) is 5.48. The Morgan fingerprint density at radius 1 is 1.19 bits per heavy atom. The molecule has 27 heavy (non-hydrogen) atoms. The molecular formula is C16H21F3O7S. The van der Waals surface area contributed by atoms with Gasteiger partial charge in [-0.2, -0.15) is 21.6 Å². The molecule has 0 amide bonds. The molecule has 0 aromatic rings. The molecule has 3 atom stereocenters. The normalized spacial score (nSPS) is 36.3. The molecule has 7 nitrogen and oxygen atoms in total. The topological polar surface area (TPSA) is 107 Å². The molecule has 11 heteroatoms. The predicted molar refractivity (Wildman–Crippen MR) is 84.0 cm³/mol. The zero-order valence-electron chi connectivity index (χ0n) is 14.6. The maximum atomic E-state index is 13.1. The standard InChI is InChI=1S/C16H21F3O7S/c1-9(20)26-15-5-10-2-11(6-15)4-14(3-10,8-15)13(21)25-12(16(17,18)19)7-27(22,23)24/h10-12H,2-8H2,1H3,(H,22,23,24). The van der Waals surface area contributed by atoms with Crippen LogP contribution in [0.25, 0.3) is 0 Å². The number of carbonyl (C=O) groups excluding carboxylic acids is 2. The molecule has 154 valence electrons. The molecule has 0 aliphatic heterocycles. The van der Waals surface area contributed by atoms with Crippen molar-refractivity contribution in [2.24, 2.45) is 17.3 Å². The van der Waals surface area contributed by atoms with Gasteiger partial charge in [-0.3, -0.25) is 14.1 Å². The van der Waals surface area contributed by atoms with Gasteiger partial charge in [0.2, 0.25) is 6.10 Å². The number of halogens is 3. The van der Waals surface area contributed by atoms with Gasteiger partial charge in [-0.25, -0.2) is 0 Å². The first kappa shape index (κ1) is 20.4. The van der Waals surface area contributed by atoms with Gasteiger partial charge in [-0.15, -0.1) is 0 Å². The Morgan fingerprint density at radius 2 is 1.74 bits per heavy atom. The first-order valence-electron chi connectivity index (χ1n) is 8.65. The van der Waals surface area contributed by atoms with Gasteiger partial charge < -0.3 is 9.47 Å². The Hall–Kier alpha value is -1.36. The molecule has 0 spiro atoms. The summed E-state index contributed by atoms with van der Waals surface area (Å²) < 4.78 is 79.9. The minimum Gasteiger partial charge on any atom is -0.459 e. The quantitative estimate of drug-likeness (QED) is 0.543. The fourth-order valence-corrected chi connectivity index (χ4v) is 6.12. The maximum Gasteiger partial charge on any atom is 0.426 e. The SMILES string of the molecule is CC(=O)OC12CC3CC(C1)CC(C(=O)OC(CS(=O)(=O)O)C(F)(F)F)(C3)C2. The van der Waals surface area contributed by atoms with E-state index in [1.807, 2.05) is 0 Å². The lowest BCUT2D eigenvalue weighted by Crippen LogP contribution is -2.60. The highest BCUT2D eigenvalue weighted by Gasteiger charge is 2.63. The first-order chi connectivity index (χ1) is 12.2. The molecule has 0 saturated heterocycles. The monoisotopic (exact) mass is 414 g/mol. The second-order valence-electron chi connectivity index (χ2n) is 8.20. The molecule has 0 heterocycles. The molecule has 4 aliphatic rings. The molecule has 4 bridgehead atoms. The van der Waals surface area contributed by atoms with Crippen molar-refractivity contribution >= 4 is 22.1 Å². The molecule has 3 unspecified atom stereocenters. The van der Waals surface area contributed by atoms with Gasteiger partial charge in [0.25, 0.3) is 10.1 Å². The number of carbonyl (C=O) groups is 2. The van der Waals surface area contributed by atoms with Crippen molar-refractivity contribution in [3.05, 3.63) is 0 Å². The number of rotatable bonds is 5. The van der Waals surface area contributed by atoms with E-state index in [0.29, 0.717) is 25.7 Å². The van der Waals surface area contributed by atoms with E-state index < -0.39 is 51.1 Å². The van der Waals surface area contributed by atoms with E-state index in [4.69, 9.17) is 9.29 Å². The van der Waals surface area contributed by atoms with E-state index in [0.717, 1.165) is 6.42 Å². The largest absolute Gasteiger partial charge is 0.459 e. The van der Waals surface area contributed by atoms with Crippen LogP contribution in [0.5, 0.6) is 0 Å². The Kier molecular flexibility index (Phi) is 4.78. The third-order valence-electron chi connectivity index (χ3n) is 5.78. The Balaban J connectivity index is 1.84. The van der Waals surface area contributed by atoms with Gasteiger partial charge in [0, 0.05) is 13.3 Å². The Labute approximate surface area is 154 Å². The molecule has 4 saturated carbocycles. The van der Waals surface area contributed by atoms with Crippen molar-refractivity contribution in [1.82, 2.24) is 0 Å². The summed E-state index contributed by atoms with van der Waals surface area (Å²) in [7, 11) is -5.00. The van der Waals surface area contributed by atoms with E-state index in [9.17, 15) is 31.2 Å². The molecular weight excluding hydrogens is 393 g/mol.